The Hall–Kier alpha value is -1.88. The molecule has 2 rings (SSSR count). The topological polar surface area (TPSA) is 53.4 Å². The molecule has 0 radical (unpaired) electrons. The van der Waals surface area contributed by atoms with Crippen LogP contribution in [-0.4, -0.2) is 16.2 Å². The summed E-state index contributed by atoms with van der Waals surface area (Å²) in [5, 5.41) is 8.77. The van der Waals surface area contributed by atoms with E-state index in [0.717, 1.165) is 15.2 Å². The molecule has 1 heterocycles. The predicted molar refractivity (Wildman–Crippen MR) is 69.1 cm³/mol. The molecule has 0 saturated heterocycles. The number of nitrogens with zero attached hydrogens (tertiary/aromatic N) is 2. The average molecular weight is 293 g/mol. The van der Waals surface area contributed by atoms with Crippen LogP contribution in [-0.2, 0) is 0 Å². The first-order valence-corrected chi connectivity index (χ1v) is 5.60. The lowest BCUT2D eigenvalue weighted by atomic mass is 10.1. The second-order valence-corrected chi connectivity index (χ2v) is 4.04. The number of carbonyl (C=O) groups is 1. The first kappa shape index (κ1) is 11.6. The average Bonchev–Trinajstić information content (AvgIpc) is 2.39. The van der Waals surface area contributed by atoms with Crippen molar-refractivity contribution in [2.24, 2.45) is 0 Å². The monoisotopic (exact) mass is 292 g/mol. The summed E-state index contributed by atoms with van der Waals surface area (Å²) in [5.41, 5.74) is 2.27. The maximum Gasteiger partial charge on any atom is 0.422 e. The van der Waals surface area contributed by atoms with Gasteiger partial charge in [0.15, 0.2) is 0 Å². The summed E-state index contributed by atoms with van der Waals surface area (Å²) in [7, 11) is 0. The van der Waals surface area contributed by atoms with Crippen LogP contribution in [0.3, 0.4) is 0 Å². The predicted octanol–water partition coefficient (Wildman–Crippen LogP) is 3.54. The van der Waals surface area contributed by atoms with Gasteiger partial charge in [0.2, 0.25) is 0 Å². The van der Waals surface area contributed by atoms with Crippen molar-refractivity contribution in [1.29, 1.82) is 0 Å². The highest BCUT2D eigenvalue weighted by Gasteiger charge is 2.10. The van der Waals surface area contributed by atoms with E-state index in [9.17, 15) is 4.79 Å². The minimum atomic E-state index is -1.08. The lowest BCUT2D eigenvalue weighted by Crippen LogP contribution is -2.16. The first-order chi connectivity index (χ1) is 8.18. The third-order valence-electron chi connectivity index (χ3n) is 2.21. The number of hydrogen-bond acceptors (Lipinski definition) is 2. The summed E-state index contributed by atoms with van der Waals surface area (Å²) in [6.45, 7) is 0. The highest BCUT2D eigenvalue weighted by molar-refractivity contribution is 9.10. The van der Waals surface area contributed by atoms with Crippen molar-refractivity contribution in [2.45, 2.75) is 0 Å². The molecular weight excluding hydrogens is 284 g/mol. The Bertz CT molecular complexity index is 514. The smallest absolute Gasteiger partial charge is 0.422 e. The van der Waals surface area contributed by atoms with E-state index in [1.165, 1.54) is 6.20 Å². The number of amides is 1. The molecule has 0 aliphatic rings. The molecule has 2 aromatic rings. The van der Waals surface area contributed by atoms with Gasteiger partial charge in [-0.2, -0.15) is 0 Å². The van der Waals surface area contributed by atoms with Crippen molar-refractivity contribution < 1.29 is 9.90 Å². The zero-order chi connectivity index (χ0) is 12.3. The van der Waals surface area contributed by atoms with Gasteiger partial charge in [-0.3, -0.25) is 4.98 Å². The molecule has 5 heteroatoms. The van der Waals surface area contributed by atoms with Gasteiger partial charge in [0.25, 0.3) is 0 Å². The molecule has 0 aliphatic heterocycles. The van der Waals surface area contributed by atoms with Gasteiger partial charge in [-0.25, -0.2) is 8.72 Å². The Morgan fingerprint density at radius 2 is 1.88 bits per heavy atom. The molecule has 0 spiro atoms. The molecular formula is C12H9BrN2O2. The Kier molecular flexibility index (Phi) is 3.39. The van der Waals surface area contributed by atoms with Crippen LogP contribution in [0.5, 0.6) is 0 Å². The minimum Gasteiger partial charge on any atom is -0.464 e. The lowest BCUT2D eigenvalue weighted by molar-refractivity contribution is 0.207. The van der Waals surface area contributed by atoms with Crippen molar-refractivity contribution in [2.75, 3.05) is 3.93 Å². The highest BCUT2D eigenvalue weighted by Crippen LogP contribution is 2.21. The fourth-order valence-corrected chi connectivity index (χ4v) is 1.60. The SMILES string of the molecule is O=C(O)N(Br)c1ccc(-c2ccccc2)nc1. The van der Waals surface area contributed by atoms with Crippen LogP contribution in [0.25, 0.3) is 11.3 Å². The van der Waals surface area contributed by atoms with E-state index in [2.05, 4.69) is 21.1 Å². The van der Waals surface area contributed by atoms with Gasteiger partial charge >= 0.3 is 6.09 Å². The van der Waals surface area contributed by atoms with Gasteiger partial charge in [-0.15, -0.1) is 0 Å². The maximum absolute atomic E-state index is 10.7. The Morgan fingerprint density at radius 1 is 1.18 bits per heavy atom. The van der Waals surface area contributed by atoms with Gasteiger partial charge in [0.1, 0.15) is 0 Å². The lowest BCUT2D eigenvalue weighted by Gasteiger charge is -2.09. The number of pyridine rings is 1. The quantitative estimate of drug-likeness (QED) is 0.862. The molecule has 4 nitrogen and oxygen atoms in total. The number of halogens is 1. The molecule has 1 amide bonds. The number of carboxylic acid groups (broad SMARTS) is 1. The highest BCUT2D eigenvalue weighted by atomic mass is 79.9. The number of aromatic nitrogens is 1. The molecule has 0 atom stereocenters. The molecule has 0 fully saturated rings. The number of benzene rings is 1. The molecule has 0 unspecified atom stereocenters. The van der Waals surface area contributed by atoms with Crippen LogP contribution in [0, 0.1) is 0 Å². The summed E-state index contributed by atoms with van der Waals surface area (Å²) in [4.78, 5) is 14.9. The van der Waals surface area contributed by atoms with E-state index in [-0.39, 0.29) is 0 Å². The summed E-state index contributed by atoms with van der Waals surface area (Å²) >= 11 is 2.92. The molecule has 1 aromatic heterocycles. The number of rotatable bonds is 2. The van der Waals surface area contributed by atoms with Crippen molar-refractivity contribution in [3.63, 3.8) is 0 Å². The van der Waals surface area contributed by atoms with Gasteiger partial charge in [0.05, 0.1) is 33.7 Å². The third-order valence-corrected chi connectivity index (χ3v) is 2.92. The van der Waals surface area contributed by atoms with Crippen molar-refractivity contribution in [1.82, 2.24) is 4.98 Å². The summed E-state index contributed by atoms with van der Waals surface area (Å²) < 4.78 is 0.939. The van der Waals surface area contributed by atoms with E-state index in [1.54, 1.807) is 12.1 Å². The normalized spacial score (nSPS) is 9.94. The van der Waals surface area contributed by atoms with E-state index >= 15 is 0 Å². The van der Waals surface area contributed by atoms with Gasteiger partial charge in [-0.05, 0) is 12.1 Å². The van der Waals surface area contributed by atoms with Crippen LogP contribution in [0.4, 0.5) is 10.5 Å². The zero-order valence-electron chi connectivity index (χ0n) is 8.75. The van der Waals surface area contributed by atoms with Crippen molar-refractivity contribution >= 4 is 27.9 Å². The van der Waals surface area contributed by atoms with Gasteiger partial charge < -0.3 is 5.11 Å². The molecule has 1 N–H and O–H groups in total. The van der Waals surface area contributed by atoms with Crippen LogP contribution in [0.1, 0.15) is 0 Å². The summed E-state index contributed by atoms with van der Waals surface area (Å²) in [6, 6.07) is 13.2. The maximum atomic E-state index is 10.7. The Morgan fingerprint density at radius 3 is 2.41 bits per heavy atom. The van der Waals surface area contributed by atoms with Crippen LogP contribution >= 0.6 is 16.1 Å². The van der Waals surface area contributed by atoms with Gasteiger partial charge in [-0.1, -0.05) is 30.3 Å². The molecule has 0 saturated carbocycles. The minimum absolute atomic E-state index is 0.470. The van der Waals surface area contributed by atoms with E-state index in [0.29, 0.717) is 5.69 Å². The van der Waals surface area contributed by atoms with E-state index in [4.69, 9.17) is 5.11 Å². The molecule has 86 valence electrons. The Balaban J connectivity index is 2.28. The largest absolute Gasteiger partial charge is 0.464 e. The number of anilines is 1. The van der Waals surface area contributed by atoms with Crippen LogP contribution in [0.15, 0.2) is 48.7 Å². The molecule has 0 aliphatic carbocycles. The van der Waals surface area contributed by atoms with Crippen molar-refractivity contribution in [3.8, 4) is 11.3 Å². The number of hydrogen-bond donors (Lipinski definition) is 1. The Labute approximate surface area is 107 Å². The zero-order valence-corrected chi connectivity index (χ0v) is 10.3. The molecule has 1 aromatic carbocycles. The van der Waals surface area contributed by atoms with Crippen molar-refractivity contribution in [3.05, 3.63) is 48.7 Å². The van der Waals surface area contributed by atoms with E-state index < -0.39 is 6.09 Å². The third kappa shape index (κ3) is 2.62. The fraction of sp³-hybridized carbons (Fsp3) is 0. The molecule has 0 bridgehead atoms. The van der Waals surface area contributed by atoms with E-state index in [1.807, 2.05) is 30.3 Å². The molecule has 17 heavy (non-hydrogen) atoms. The standard InChI is InChI=1S/C12H9BrN2O2/c13-15(12(16)17)10-6-7-11(14-8-10)9-4-2-1-3-5-9/h1-8H,(H,16,17). The van der Waals surface area contributed by atoms with Gasteiger partial charge in [0, 0.05) is 5.56 Å². The second kappa shape index (κ2) is 4.97. The van der Waals surface area contributed by atoms with Crippen LogP contribution < -0.4 is 3.93 Å². The second-order valence-electron chi connectivity index (χ2n) is 3.33. The fourth-order valence-electron chi connectivity index (χ4n) is 1.39. The summed E-state index contributed by atoms with van der Waals surface area (Å²) in [6.07, 6.45) is 0.421. The van der Waals surface area contributed by atoms with Crippen LogP contribution in [0.2, 0.25) is 0 Å². The first-order valence-electron chi connectivity index (χ1n) is 4.89. The summed E-state index contributed by atoms with van der Waals surface area (Å²) in [5.74, 6) is 0.